The lowest BCUT2D eigenvalue weighted by atomic mass is 10.1. The van der Waals surface area contributed by atoms with Crippen molar-refractivity contribution < 1.29 is 13.9 Å². The second kappa shape index (κ2) is 3.02. The van der Waals surface area contributed by atoms with Gasteiger partial charge in [0.2, 0.25) is 0 Å². The first-order valence-electron chi connectivity index (χ1n) is 4.53. The number of halogens is 2. The topological polar surface area (TPSA) is 38.0 Å². The van der Waals surface area contributed by atoms with E-state index in [1.807, 2.05) is 0 Å². The highest BCUT2D eigenvalue weighted by molar-refractivity contribution is 5.22. The molecule has 1 N–H and O–H groups in total. The highest BCUT2D eigenvalue weighted by Gasteiger charge is 2.41. The van der Waals surface area contributed by atoms with Crippen molar-refractivity contribution >= 4 is 0 Å². The number of hydrogen-bond donors (Lipinski definition) is 1. The van der Waals surface area contributed by atoms with E-state index in [1.54, 1.807) is 13.2 Å². The molecule has 2 rings (SSSR count). The second-order valence-corrected chi connectivity index (χ2v) is 3.92. The molecule has 0 radical (unpaired) electrons. The maximum absolute atomic E-state index is 12.5. The fourth-order valence-corrected chi connectivity index (χ4v) is 1.55. The summed E-state index contributed by atoms with van der Waals surface area (Å²) in [5.41, 5.74) is -0.484. The number of nitrogens with zero attached hydrogens (tertiary/aromatic N) is 2. The van der Waals surface area contributed by atoms with E-state index in [2.05, 4.69) is 5.10 Å². The molecule has 0 atom stereocenters. The normalized spacial score (nSPS) is 18.9. The molecule has 3 nitrogen and oxygen atoms in total. The van der Waals surface area contributed by atoms with Crippen LogP contribution in [0.4, 0.5) is 8.78 Å². The lowest BCUT2D eigenvalue weighted by molar-refractivity contribution is 0.135. The van der Waals surface area contributed by atoms with Crippen LogP contribution in [0, 0.1) is 0 Å². The Morgan fingerprint density at radius 3 is 2.79 bits per heavy atom. The van der Waals surface area contributed by atoms with Gasteiger partial charge < -0.3 is 5.11 Å². The Labute approximate surface area is 80.3 Å². The Hall–Kier alpha value is -0.970. The van der Waals surface area contributed by atoms with Crippen LogP contribution >= 0.6 is 0 Å². The molecule has 1 fully saturated rings. The van der Waals surface area contributed by atoms with Gasteiger partial charge in [-0.25, -0.2) is 8.78 Å². The molecule has 1 heterocycles. The number of aliphatic hydroxyl groups is 1. The average Bonchev–Trinajstić information content (AvgIpc) is 2.66. The molecule has 0 bridgehead atoms. The first kappa shape index (κ1) is 9.58. The second-order valence-electron chi connectivity index (χ2n) is 3.92. The Kier molecular flexibility index (Phi) is 2.06. The smallest absolute Gasteiger partial charge is 0.282 e. The van der Waals surface area contributed by atoms with Gasteiger partial charge in [-0.15, -0.1) is 0 Å². The monoisotopic (exact) mass is 202 g/mol. The molecule has 0 saturated heterocycles. The van der Waals surface area contributed by atoms with E-state index in [1.165, 1.54) is 4.68 Å². The first-order valence-corrected chi connectivity index (χ1v) is 4.53. The zero-order valence-electron chi connectivity index (χ0n) is 7.87. The van der Waals surface area contributed by atoms with Crippen molar-refractivity contribution in [3.8, 4) is 0 Å². The standard InChI is InChI=1S/C9H12F2N2O/c1-13-5-6(4-9(14)2-3-9)7(12-13)8(10)11/h5,8,14H,2-4H2,1H3. The third-order valence-corrected chi connectivity index (χ3v) is 2.49. The van der Waals surface area contributed by atoms with E-state index >= 15 is 0 Å². The minimum absolute atomic E-state index is 0.201. The molecule has 0 spiro atoms. The molecule has 1 aliphatic carbocycles. The van der Waals surface area contributed by atoms with E-state index in [0.717, 1.165) is 0 Å². The van der Waals surface area contributed by atoms with Gasteiger partial charge in [-0.2, -0.15) is 5.10 Å². The summed E-state index contributed by atoms with van der Waals surface area (Å²) in [7, 11) is 1.60. The van der Waals surface area contributed by atoms with Gasteiger partial charge in [0.25, 0.3) is 6.43 Å². The molecule has 0 unspecified atom stereocenters. The van der Waals surface area contributed by atoms with Crippen LogP contribution in [0.25, 0.3) is 0 Å². The van der Waals surface area contributed by atoms with Crippen LogP contribution in [0.2, 0.25) is 0 Å². The fourth-order valence-electron chi connectivity index (χ4n) is 1.55. The number of alkyl halides is 2. The summed E-state index contributed by atoms with van der Waals surface area (Å²) >= 11 is 0. The van der Waals surface area contributed by atoms with Gasteiger partial charge in [-0.05, 0) is 12.8 Å². The number of rotatable bonds is 3. The van der Waals surface area contributed by atoms with Gasteiger partial charge in [0.05, 0.1) is 5.60 Å². The number of aryl methyl sites for hydroxylation is 1. The lowest BCUT2D eigenvalue weighted by Crippen LogP contribution is -2.11. The fraction of sp³-hybridized carbons (Fsp3) is 0.667. The van der Waals surface area contributed by atoms with Gasteiger partial charge in [-0.3, -0.25) is 4.68 Å². The summed E-state index contributed by atoms with van der Waals surface area (Å²) in [5, 5.41) is 13.3. The Bertz CT molecular complexity index is 345. The molecule has 78 valence electrons. The van der Waals surface area contributed by atoms with Crippen molar-refractivity contribution in [2.45, 2.75) is 31.3 Å². The first-order chi connectivity index (χ1) is 6.50. The highest BCUT2D eigenvalue weighted by atomic mass is 19.3. The maximum Gasteiger partial charge on any atom is 0.282 e. The number of aromatic nitrogens is 2. The summed E-state index contributed by atoms with van der Waals surface area (Å²) in [6.45, 7) is 0. The summed E-state index contributed by atoms with van der Waals surface area (Å²) in [4.78, 5) is 0. The van der Waals surface area contributed by atoms with Crippen molar-refractivity contribution in [3.05, 3.63) is 17.5 Å². The summed E-state index contributed by atoms with van der Waals surface area (Å²) in [5.74, 6) is 0. The minimum Gasteiger partial charge on any atom is -0.390 e. The van der Waals surface area contributed by atoms with E-state index in [0.29, 0.717) is 24.8 Å². The van der Waals surface area contributed by atoms with Gasteiger partial charge in [-0.1, -0.05) is 0 Å². The van der Waals surface area contributed by atoms with E-state index < -0.39 is 12.0 Å². The summed E-state index contributed by atoms with van der Waals surface area (Å²) < 4.78 is 26.3. The van der Waals surface area contributed by atoms with Crippen LogP contribution < -0.4 is 0 Å². The Morgan fingerprint density at radius 1 is 1.64 bits per heavy atom. The molecule has 1 aromatic heterocycles. The molecule has 1 aromatic rings. The van der Waals surface area contributed by atoms with Crippen LogP contribution in [-0.2, 0) is 13.5 Å². The zero-order chi connectivity index (χ0) is 10.3. The Morgan fingerprint density at radius 2 is 2.29 bits per heavy atom. The minimum atomic E-state index is -2.56. The predicted molar refractivity (Wildman–Crippen MR) is 46.1 cm³/mol. The van der Waals surface area contributed by atoms with Gasteiger partial charge in [0.15, 0.2) is 0 Å². The van der Waals surface area contributed by atoms with Crippen molar-refractivity contribution in [3.63, 3.8) is 0 Å². The van der Waals surface area contributed by atoms with E-state index in [4.69, 9.17) is 0 Å². The van der Waals surface area contributed by atoms with Crippen LogP contribution in [0.15, 0.2) is 6.20 Å². The SMILES string of the molecule is Cn1cc(CC2(O)CC2)c(C(F)F)n1. The van der Waals surface area contributed by atoms with Gasteiger partial charge >= 0.3 is 0 Å². The summed E-state index contributed by atoms with van der Waals surface area (Å²) in [6, 6.07) is 0. The van der Waals surface area contributed by atoms with Crippen molar-refractivity contribution in [2.75, 3.05) is 0 Å². The van der Waals surface area contributed by atoms with Crippen molar-refractivity contribution in [2.24, 2.45) is 7.05 Å². The third kappa shape index (κ3) is 1.77. The van der Waals surface area contributed by atoms with E-state index in [-0.39, 0.29) is 5.69 Å². The van der Waals surface area contributed by atoms with Crippen LogP contribution in [-0.4, -0.2) is 20.5 Å². The quantitative estimate of drug-likeness (QED) is 0.805. The van der Waals surface area contributed by atoms with Crippen LogP contribution in [0.5, 0.6) is 0 Å². The maximum atomic E-state index is 12.5. The van der Waals surface area contributed by atoms with Crippen molar-refractivity contribution in [1.29, 1.82) is 0 Å². The van der Waals surface area contributed by atoms with Crippen molar-refractivity contribution in [1.82, 2.24) is 9.78 Å². The Balaban J connectivity index is 2.22. The average molecular weight is 202 g/mol. The largest absolute Gasteiger partial charge is 0.390 e. The number of hydrogen-bond acceptors (Lipinski definition) is 2. The molecule has 0 amide bonds. The molecule has 14 heavy (non-hydrogen) atoms. The lowest BCUT2D eigenvalue weighted by Gasteiger charge is -2.06. The summed E-state index contributed by atoms with van der Waals surface area (Å²) in [6.07, 6.45) is 0.682. The van der Waals surface area contributed by atoms with Crippen LogP contribution in [0.1, 0.15) is 30.5 Å². The molecular weight excluding hydrogens is 190 g/mol. The third-order valence-electron chi connectivity index (χ3n) is 2.49. The predicted octanol–water partition coefficient (Wildman–Crippen LogP) is 1.43. The molecule has 5 heteroatoms. The molecular formula is C9H12F2N2O. The highest BCUT2D eigenvalue weighted by Crippen LogP contribution is 2.39. The molecule has 1 saturated carbocycles. The van der Waals surface area contributed by atoms with Crippen LogP contribution in [0.3, 0.4) is 0 Å². The zero-order valence-corrected chi connectivity index (χ0v) is 7.87. The molecule has 1 aliphatic rings. The molecule has 0 aromatic carbocycles. The van der Waals surface area contributed by atoms with Gasteiger partial charge in [0.1, 0.15) is 5.69 Å². The molecule has 0 aliphatic heterocycles. The van der Waals surface area contributed by atoms with E-state index in [9.17, 15) is 13.9 Å². The van der Waals surface area contributed by atoms with Gasteiger partial charge in [0, 0.05) is 25.2 Å².